The van der Waals surface area contributed by atoms with Crippen molar-refractivity contribution in [1.82, 2.24) is 23.8 Å². The fourth-order valence-electron chi connectivity index (χ4n) is 3.48. The number of nitrogens with zero attached hydrogens (tertiary/aromatic N) is 4. The van der Waals surface area contributed by atoms with Crippen molar-refractivity contribution >= 4 is 16.0 Å². The van der Waals surface area contributed by atoms with Crippen LogP contribution in [0.4, 0.5) is 5.82 Å². The molecule has 0 unspecified atom stereocenters. The molecule has 9 nitrogen and oxygen atoms in total. The van der Waals surface area contributed by atoms with Crippen LogP contribution in [0, 0.1) is 0 Å². The highest BCUT2D eigenvalue weighted by Gasteiger charge is 2.36. The first-order valence-electron chi connectivity index (χ1n) is 8.68. The molecule has 2 aliphatic heterocycles. The Morgan fingerprint density at radius 1 is 1.23 bits per heavy atom. The zero-order valence-electron chi connectivity index (χ0n) is 14.3. The summed E-state index contributed by atoms with van der Waals surface area (Å²) in [5.41, 5.74) is 8.23. The van der Waals surface area contributed by atoms with Gasteiger partial charge in [-0.1, -0.05) is 0 Å². The zero-order valence-corrected chi connectivity index (χ0v) is 15.2. The molecule has 0 saturated carbocycles. The van der Waals surface area contributed by atoms with Crippen LogP contribution in [0.15, 0.2) is 24.5 Å². The number of nitrogens with two attached hydrogens (primary N) is 1. The molecule has 3 N–H and O–H groups in total. The number of pyridine rings is 1. The molecule has 140 valence electrons. The molecule has 4 heterocycles. The maximum atomic E-state index is 12.8. The number of nitrogen functional groups attached to an aromatic ring is 1. The second-order valence-corrected chi connectivity index (χ2v) is 8.43. The van der Waals surface area contributed by atoms with E-state index in [0.717, 1.165) is 29.7 Å². The normalized spacial score (nSPS) is 22.7. The first-order chi connectivity index (χ1) is 12.6. The molecule has 0 aliphatic carbocycles. The number of hydrogen-bond donors (Lipinski definition) is 2. The molecule has 0 spiro atoms. The fourth-order valence-corrected chi connectivity index (χ4v) is 5.15. The second kappa shape index (κ2) is 6.95. The highest BCUT2D eigenvalue weighted by molar-refractivity contribution is 7.86. The van der Waals surface area contributed by atoms with Crippen molar-refractivity contribution < 1.29 is 13.2 Å². The van der Waals surface area contributed by atoms with Crippen molar-refractivity contribution in [3.05, 3.63) is 30.2 Å². The Bertz CT molecular complexity index is 878. The minimum atomic E-state index is -3.45. The van der Waals surface area contributed by atoms with Crippen LogP contribution in [0.25, 0.3) is 11.1 Å². The summed E-state index contributed by atoms with van der Waals surface area (Å²) in [6.07, 6.45) is 4.75. The SMILES string of the molecule is Nc1cc(-c2cn[nH]c2[C@@H]2CN(S(=O)(=O)N3CCCC3)CCO2)ccn1. The first kappa shape index (κ1) is 17.4. The van der Waals surface area contributed by atoms with Crippen molar-refractivity contribution in [3.63, 3.8) is 0 Å². The van der Waals surface area contributed by atoms with Gasteiger partial charge >= 0.3 is 0 Å². The molecule has 0 aromatic carbocycles. The number of hydrogen-bond acceptors (Lipinski definition) is 6. The Balaban J connectivity index is 1.59. The van der Waals surface area contributed by atoms with Gasteiger partial charge in [-0.3, -0.25) is 5.10 Å². The molecule has 0 radical (unpaired) electrons. The fraction of sp³-hybridized carbons (Fsp3) is 0.500. The monoisotopic (exact) mass is 378 g/mol. The Morgan fingerprint density at radius 2 is 2.04 bits per heavy atom. The number of ether oxygens (including phenoxy) is 1. The van der Waals surface area contributed by atoms with Gasteiger partial charge in [0, 0.05) is 37.9 Å². The third kappa shape index (κ3) is 3.20. The topological polar surface area (TPSA) is 117 Å². The summed E-state index contributed by atoms with van der Waals surface area (Å²) in [4.78, 5) is 4.00. The summed E-state index contributed by atoms with van der Waals surface area (Å²) in [6, 6.07) is 3.60. The molecular formula is C16H22N6O3S. The molecule has 2 aromatic heterocycles. The molecule has 4 rings (SSSR count). The average molecular weight is 378 g/mol. The van der Waals surface area contributed by atoms with E-state index in [-0.39, 0.29) is 6.54 Å². The van der Waals surface area contributed by atoms with Crippen molar-refractivity contribution in [3.8, 4) is 11.1 Å². The third-order valence-corrected chi connectivity index (χ3v) is 6.83. The van der Waals surface area contributed by atoms with Gasteiger partial charge in [0.25, 0.3) is 10.2 Å². The highest BCUT2D eigenvalue weighted by atomic mass is 32.2. The summed E-state index contributed by atoms with van der Waals surface area (Å²) in [5.74, 6) is 0.414. The van der Waals surface area contributed by atoms with Gasteiger partial charge in [-0.05, 0) is 30.5 Å². The van der Waals surface area contributed by atoms with E-state index >= 15 is 0 Å². The van der Waals surface area contributed by atoms with Gasteiger partial charge < -0.3 is 10.5 Å². The Morgan fingerprint density at radius 3 is 2.81 bits per heavy atom. The Labute approximate surface area is 152 Å². The zero-order chi connectivity index (χ0) is 18.1. The van der Waals surface area contributed by atoms with E-state index in [0.29, 0.717) is 32.1 Å². The third-order valence-electron chi connectivity index (χ3n) is 4.83. The van der Waals surface area contributed by atoms with Crippen LogP contribution in [0.2, 0.25) is 0 Å². The quantitative estimate of drug-likeness (QED) is 0.811. The number of aromatic nitrogens is 3. The predicted molar refractivity (Wildman–Crippen MR) is 96.2 cm³/mol. The summed E-state index contributed by atoms with van der Waals surface area (Å²) in [7, 11) is -3.45. The van der Waals surface area contributed by atoms with Crippen LogP contribution in [0.1, 0.15) is 24.6 Å². The summed E-state index contributed by atoms with van der Waals surface area (Å²) in [5, 5.41) is 7.09. The van der Waals surface area contributed by atoms with E-state index in [1.165, 1.54) is 4.31 Å². The number of aromatic amines is 1. The minimum Gasteiger partial charge on any atom is -0.384 e. The van der Waals surface area contributed by atoms with Gasteiger partial charge in [0.15, 0.2) is 0 Å². The summed E-state index contributed by atoms with van der Waals surface area (Å²) >= 11 is 0. The molecule has 2 aliphatic rings. The van der Waals surface area contributed by atoms with E-state index < -0.39 is 16.3 Å². The van der Waals surface area contributed by atoms with Crippen molar-refractivity contribution in [2.75, 3.05) is 38.5 Å². The summed E-state index contributed by atoms with van der Waals surface area (Å²) in [6.45, 7) is 2.15. The van der Waals surface area contributed by atoms with Gasteiger partial charge in [0.2, 0.25) is 0 Å². The van der Waals surface area contributed by atoms with Gasteiger partial charge in [-0.2, -0.15) is 22.1 Å². The van der Waals surface area contributed by atoms with Crippen LogP contribution in [-0.2, 0) is 14.9 Å². The predicted octanol–water partition coefficient (Wildman–Crippen LogP) is 0.768. The lowest BCUT2D eigenvalue weighted by atomic mass is 10.0. The lowest BCUT2D eigenvalue weighted by molar-refractivity contribution is -0.00617. The number of nitrogens with one attached hydrogen (secondary N) is 1. The van der Waals surface area contributed by atoms with E-state index in [9.17, 15) is 8.42 Å². The Kier molecular flexibility index (Phi) is 4.65. The van der Waals surface area contributed by atoms with E-state index in [1.54, 1.807) is 22.8 Å². The van der Waals surface area contributed by atoms with Crippen LogP contribution >= 0.6 is 0 Å². The van der Waals surface area contributed by atoms with E-state index in [1.807, 2.05) is 6.07 Å². The number of H-pyrrole nitrogens is 1. The smallest absolute Gasteiger partial charge is 0.282 e. The standard InChI is InChI=1S/C16H22N6O3S/c17-15-9-12(3-4-18-15)13-10-19-20-16(13)14-11-22(7-8-25-14)26(23,24)21-5-1-2-6-21/h3-4,9-10,14H,1-2,5-8,11H2,(H2,17,18)(H,19,20)/t14-/m0/s1. The maximum Gasteiger partial charge on any atom is 0.282 e. The molecule has 0 amide bonds. The molecule has 2 saturated heterocycles. The largest absolute Gasteiger partial charge is 0.384 e. The lowest BCUT2D eigenvalue weighted by Gasteiger charge is -2.34. The van der Waals surface area contributed by atoms with Crippen molar-refractivity contribution in [2.24, 2.45) is 0 Å². The second-order valence-electron chi connectivity index (χ2n) is 6.50. The van der Waals surface area contributed by atoms with Gasteiger partial charge in [0.05, 0.1) is 18.5 Å². The molecule has 26 heavy (non-hydrogen) atoms. The van der Waals surface area contributed by atoms with Crippen LogP contribution in [-0.4, -0.2) is 65.0 Å². The van der Waals surface area contributed by atoms with Crippen LogP contribution < -0.4 is 5.73 Å². The van der Waals surface area contributed by atoms with Gasteiger partial charge in [-0.25, -0.2) is 4.98 Å². The molecule has 2 aromatic rings. The van der Waals surface area contributed by atoms with Crippen molar-refractivity contribution in [1.29, 1.82) is 0 Å². The van der Waals surface area contributed by atoms with Crippen LogP contribution in [0.5, 0.6) is 0 Å². The van der Waals surface area contributed by atoms with Crippen molar-refractivity contribution in [2.45, 2.75) is 18.9 Å². The number of morpholine rings is 1. The summed E-state index contributed by atoms with van der Waals surface area (Å²) < 4.78 is 34.6. The molecule has 2 fully saturated rings. The maximum absolute atomic E-state index is 12.8. The molecule has 1 atom stereocenters. The van der Waals surface area contributed by atoms with Crippen LogP contribution in [0.3, 0.4) is 0 Å². The highest BCUT2D eigenvalue weighted by Crippen LogP contribution is 2.32. The molecule has 0 bridgehead atoms. The Hall–Kier alpha value is -2.01. The number of anilines is 1. The average Bonchev–Trinajstić information content (AvgIpc) is 3.34. The van der Waals surface area contributed by atoms with E-state index in [2.05, 4.69) is 15.2 Å². The van der Waals surface area contributed by atoms with Gasteiger partial charge in [0.1, 0.15) is 11.9 Å². The van der Waals surface area contributed by atoms with E-state index in [4.69, 9.17) is 10.5 Å². The first-order valence-corrected chi connectivity index (χ1v) is 10.1. The molecule has 10 heteroatoms. The minimum absolute atomic E-state index is 0.259. The number of rotatable bonds is 4. The molecular weight excluding hydrogens is 356 g/mol. The van der Waals surface area contributed by atoms with Gasteiger partial charge in [-0.15, -0.1) is 0 Å². The lowest BCUT2D eigenvalue weighted by Crippen LogP contribution is -2.48.